The molecule has 4 rings (SSSR count). The Labute approximate surface area is 170 Å². The second-order valence-corrected chi connectivity index (χ2v) is 7.92. The van der Waals surface area contributed by atoms with E-state index in [0.29, 0.717) is 20.9 Å². The van der Waals surface area contributed by atoms with Crippen LogP contribution in [0.15, 0.2) is 65.7 Å². The average molecular weight is 410 g/mol. The molecular formula is C21H16ClN3O2S. The van der Waals surface area contributed by atoms with Crippen molar-refractivity contribution in [2.45, 2.75) is 13.5 Å². The van der Waals surface area contributed by atoms with E-state index < -0.39 is 0 Å². The number of aromatic nitrogens is 2. The molecule has 0 atom stereocenters. The van der Waals surface area contributed by atoms with Crippen LogP contribution < -0.4 is 10.9 Å². The first-order chi connectivity index (χ1) is 13.5. The molecule has 0 aliphatic heterocycles. The van der Waals surface area contributed by atoms with Crippen molar-refractivity contribution in [2.24, 2.45) is 0 Å². The Hall–Kier alpha value is -2.96. The summed E-state index contributed by atoms with van der Waals surface area (Å²) in [6.07, 6.45) is 1.42. The maximum absolute atomic E-state index is 12.8. The minimum Gasteiger partial charge on any atom is -0.325 e. The normalized spacial score (nSPS) is 10.9. The second kappa shape index (κ2) is 7.58. The third-order valence-electron chi connectivity index (χ3n) is 4.25. The Kier molecular flexibility index (Phi) is 4.98. The van der Waals surface area contributed by atoms with E-state index in [4.69, 9.17) is 11.6 Å². The van der Waals surface area contributed by atoms with E-state index in [1.54, 1.807) is 0 Å². The lowest BCUT2D eigenvalue weighted by atomic mass is 10.2. The van der Waals surface area contributed by atoms with Crippen molar-refractivity contribution in [2.75, 3.05) is 5.32 Å². The number of hydrogen-bond donors (Lipinski definition) is 1. The Morgan fingerprint density at radius 3 is 2.71 bits per heavy atom. The van der Waals surface area contributed by atoms with Crippen LogP contribution in [0.2, 0.25) is 5.02 Å². The molecule has 0 aliphatic rings. The zero-order valence-electron chi connectivity index (χ0n) is 15.0. The van der Waals surface area contributed by atoms with Gasteiger partial charge in [0.15, 0.2) is 0 Å². The van der Waals surface area contributed by atoms with Crippen molar-refractivity contribution in [1.29, 1.82) is 0 Å². The molecule has 0 unspecified atom stereocenters. The zero-order chi connectivity index (χ0) is 19.7. The molecule has 0 saturated carbocycles. The molecule has 7 heteroatoms. The fraction of sp³-hybridized carbons (Fsp3) is 0.0952. The molecule has 0 saturated heterocycles. The summed E-state index contributed by atoms with van der Waals surface area (Å²) in [4.78, 5) is 30.4. The lowest BCUT2D eigenvalue weighted by Gasteiger charge is -2.07. The minimum absolute atomic E-state index is 0.0934. The van der Waals surface area contributed by atoms with E-state index in [2.05, 4.69) is 10.3 Å². The number of anilines is 1. The standard InChI is InChI=1S/C21H16ClN3O2S/c1-13-3-2-4-16(9-13)24-19(26)11-25-12-23-17-10-18(28-20(17)21(25)27)14-5-7-15(22)8-6-14/h2-10,12H,11H2,1H3,(H,24,26). The zero-order valence-corrected chi connectivity index (χ0v) is 16.6. The summed E-state index contributed by atoms with van der Waals surface area (Å²) in [6.45, 7) is 1.86. The largest absolute Gasteiger partial charge is 0.325 e. The highest BCUT2D eigenvalue weighted by molar-refractivity contribution is 7.22. The molecule has 0 radical (unpaired) electrons. The molecule has 5 nitrogen and oxygen atoms in total. The van der Waals surface area contributed by atoms with Gasteiger partial charge in [0.1, 0.15) is 11.2 Å². The van der Waals surface area contributed by atoms with Crippen LogP contribution in [0.1, 0.15) is 5.56 Å². The van der Waals surface area contributed by atoms with Gasteiger partial charge in [-0.05, 0) is 48.4 Å². The topological polar surface area (TPSA) is 64.0 Å². The summed E-state index contributed by atoms with van der Waals surface area (Å²) >= 11 is 7.30. The van der Waals surface area contributed by atoms with Crippen LogP contribution in [0.25, 0.3) is 20.7 Å². The quantitative estimate of drug-likeness (QED) is 0.530. The van der Waals surface area contributed by atoms with Crippen LogP contribution in [0, 0.1) is 6.92 Å². The predicted octanol–water partition coefficient (Wildman–Crippen LogP) is 4.73. The van der Waals surface area contributed by atoms with Gasteiger partial charge in [0.2, 0.25) is 5.91 Å². The van der Waals surface area contributed by atoms with E-state index in [1.165, 1.54) is 22.2 Å². The molecular weight excluding hydrogens is 394 g/mol. The first kappa shape index (κ1) is 18.4. The second-order valence-electron chi connectivity index (χ2n) is 6.43. The number of halogens is 1. The number of nitrogens with zero attached hydrogens (tertiary/aromatic N) is 2. The summed E-state index contributed by atoms with van der Waals surface area (Å²) in [5, 5.41) is 3.46. The molecule has 1 N–H and O–H groups in total. The SMILES string of the molecule is Cc1cccc(NC(=O)Cn2cnc3cc(-c4ccc(Cl)cc4)sc3c2=O)c1. The van der Waals surface area contributed by atoms with E-state index >= 15 is 0 Å². The monoisotopic (exact) mass is 409 g/mol. The fourth-order valence-electron chi connectivity index (χ4n) is 2.89. The summed E-state index contributed by atoms with van der Waals surface area (Å²) in [6, 6.07) is 16.8. The summed E-state index contributed by atoms with van der Waals surface area (Å²) < 4.78 is 1.85. The molecule has 1 amide bonds. The third kappa shape index (κ3) is 3.83. The van der Waals surface area contributed by atoms with E-state index in [9.17, 15) is 9.59 Å². The summed E-state index contributed by atoms with van der Waals surface area (Å²) in [5.74, 6) is -0.275. The number of benzene rings is 2. The highest BCUT2D eigenvalue weighted by Crippen LogP contribution is 2.31. The van der Waals surface area contributed by atoms with Crippen LogP contribution in [0.4, 0.5) is 5.69 Å². The van der Waals surface area contributed by atoms with Gasteiger partial charge in [-0.2, -0.15) is 0 Å². The van der Waals surface area contributed by atoms with Gasteiger partial charge in [0, 0.05) is 15.6 Å². The number of aryl methyl sites for hydroxylation is 1. The fourth-order valence-corrected chi connectivity index (χ4v) is 4.08. The van der Waals surface area contributed by atoms with Crippen molar-refractivity contribution >= 4 is 44.7 Å². The van der Waals surface area contributed by atoms with Gasteiger partial charge in [-0.1, -0.05) is 35.9 Å². The van der Waals surface area contributed by atoms with Gasteiger partial charge in [-0.3, -0.25) is 14.2 Å². The Morgan fingerprint density at radius 1 is 1.18 bits per heavy atom. The lowest BCUT2D eigenvalue weighted by Crippen LogP contribution is -2.27. The molecule has 140 valence electrons. The molecule has 0 spiro atoms. The third-order valence-corrected chi connectivity index (χ3v) is 5.66. The van der Waals surface area contributed by atoms with Crippen molar-refractivity contribution in [3.05, 3.63) is 81.9 Å². The highest BCUT2D eigenvalue weighted by Gasteiger charge is 2.12. The van der Waals surface area contributed by atoms with Crippen LogP contribution in [-0.4, -0.2) is 15.5 Å². The number of hydrogen-bond acceptors (Lipinski definition) is 4. The Balaban J connectivity index is 1.60. The van der Waals surface area contributed by atoms with Gasteiger partial charge >= 0.3 is 0 Å². The Morgan fingerprint density at radius 2 is 1.96 bits per heavy atom. The molecule has 0 bridgehead atoms. The number of carbonyl (C=O) groups excluding carboxylic acids is 1. The van der Waals surface area contributed by atoms with Crippen LogP contribution in [0.3, 0.4) is 0 Å². The average Bonchev–Trinajstić information content (AvgIpc) is 3.10. The van der Waals surface area contributed by atoms with E-state index in [0.717, 1.165) is 16.0 Å². The molecule has 28 heavy (non-hydrogen) atoms. The van der Waals surface area contributed by atoms with Crippen LogP contribution in [0.5, 0.6) is 0 Å². The summed E-state index contributed by atoms with van der Waals surface area (Å²) in [5.41, 5.74) is 3.11. The number of nitrogens with one attached hydrogen (secondary N) is 1. The van der Waals surface area contributed by atoms with Crippen molar-refractivity contribution in [3.8, 4) is 10.4 Å². The van der Waals surface area contributed by atoms with Gasteiger partial charge in [0.25, 0.3) is 5.56 Å². The smallest absolute Gasteiger partial charge is 0.271 e. The van der Waals surface area contributed by atoms with Crippen LogP contribution in [-0.2, 0) is 11.3 Å². The van der Waals surface area contributed by atoms with Gasteiger partial charge in [0.05, 0.1) is 11.8 Å². The van der Waals surface area contributed by atoms with Gasteiger partial charge < -0.3 is 5.32 Å². The minimum atomic E-state index is -0.275. The molecule has 0 fully saturated rings. The lowest BCUT2D eigenvalue weighted by molar-refractivity contribution is -0.116. The molecule has 0 aliphatic carbocycles. The van der Waals surface area contributed by atoms with Crippen molar-refractivity contribution < 1.29 is 4.79 Å². The maximum atomic E-state index is 12.8. The van der Waals surface area contributed by atoms with Crippen molar-refractivity contribution in [3.63, 3.8) is 0 Å². The van der Waals surface area contributed by atoms with Crippen LogP contribution >= 0.6 is 22.9 Å². The first-order valence-corrected chi connectivity index (χ1v) is 9.80. The molecule has 2 heterocycles. The highest BCUT2D eigenvalue weighted by atomic mass is 35.5. The molecule has 2 aromatic heterocycles. The Bertz CT molecular complexity index is 1230. The number of carbonyl (C=O) groups is 1. The first-order valence-electron chi connectivity index (χ1n) is 8.61. The maximum Gasteiger partial charge on any atom is 0.271 e. The van der Waals surface area contributed by atoms with E-state index in [1.807, 2.05) is 61.5 Å². The number of fused-ring (bicyclic) bond motifs is 1. The summed E-state index contributed by atoms with van der Waals surface area (Å²) in [7, 11) is 0. The van der Waals surface area contributed by atoms with Crippen molar-refractivity contribution in [1.82, 2.24) is 9.55 Å². The number of amides is 1. The number of rotatable bonds is 4. The van der Waals surface area contributed by atoms with Gasteiger partial charge in [-0.15, -0.1) is 11.3 Å². The predicted molar refractivity (Wildman–Crippen MR) is 114 cm³/mol. The van der Waals surface area contributed by atoms with Gasteiger partial charge in [-0.25, -0.2) is 4.98 Å². The molecule has 2 aromatic carbocycles. The molecule has 4 aromatic rings. The number of thiophene rings is 1. The van der Waals surface area contributed by atoms with E-state index in [-0.39, 0.29) is 18.0 Å².